The highest BCUT2D eigenvalue weighted by molar-refractivity contribution is 5.54. The summed E-state index contributed by atoms with van der Waals surface area (Å²) in [6.45, 7) is 5.15. The van der Waals surface area contributed by atoms with Gasteiger partial charge in [-0.25, -0.2) is 4.98 Å². The SMILES string of the molecule is CCCCC(CC)CNc1cc([N+](=O)[O-])cc(NC)n1. The molecule has 6 nitrogen and oxygen atoms in total. The number of unbranched alkanes of at least 4 members (excludes halogenated alkanes) is 1. The van der Waals surface area contributed by atoms with Crippen molar-refractivity contribution in [2.24, 2.45) is 5.92 Å². The van der Waals surface area contributed by atoms with Crippen molar-refractivity contribution < 1.29 is 4.92 Å². The van der Waals surface area contributed by atoms with Crippen molar-refractivity contribution >= 4 is 17.3 Å². The molecule has 0 aliphatic rings. The molecular weight excluding hydrogens is 256 g/mol. The Hall–Kier alpha value is -1.85. The van der Waals surface area contributed by atoms with Crippen molar-refractivity contribution in [1.82, 2.24) is 4.98 Å². The Morgan fingerprint density at radius 3 is 2.60 bits per heavy atom. The zero-order chi connectivity index (χ0) is 15.0. The minimum atomic E-state index is -0.401. The number of anilines is 2. The van der Waals surface area contributed by atoms with Gasteiger partial charge in [0.05, 0.1) is 17.1 Å². The van der Waals surface area contributed by atoms with E-state index in [1.165, 1.54) is 31.4 Å². The minimum absolute atomic E-state index is 0.0495. The lowest BCUT2D eigenvalue weighted by Crippen LogP contribution is -2.15. The molecule has 2 N–H and O–H groups in total. The van der Waals surface area contributed by atoms with Crippen LogP contribution in [0.5, 0.6) is 0 Å². The van der Waals surface area contributed by atoms with Crippen molar-refractivity contribution in [3.8, 4) is 0 Å². The van der Waals surface area contributed by atoms with E-state index in [2.05, 4.69) is 29.5 Å². The van der Waals surface area contributed by atoms with Gasteiger partial charge < -0.3 is 10.6 Å². The summed E-state index contributed by atoms with van der Waals surface area (Å²) in [7, 11) is 1.70. The molecule has 0 fully saturated rings. The number of hydrogen-bond acceptors (Lipinski definition) is 5. The number of nitrogens with zero attached hydrogens (tertiary/aromatic N) is 2. The lowest BCUT2D eigenvalue weighted by molar-refractivity contribution is -0.384. The Labute approximate surface area is 120 Å². The smallest absolute Gasteiger partial charge is 0.276 e. The molecule has 1 heterocycles. The van der Waals surface area contributed by atoms with Crippen LogP contribution < -0.4 is 10.6 Å². The molecule has 6 heteroatoms. The Morgan fingerprint density at radius 1 is 1.35 bits per heavy atom. The van der Waals surface area contributed by atoms with E-state index in [-0.39, 0.29) is 5.69 Å². The van der Waals surface area contributed by atoms with E-state index in [9.17, 15) is 10.1 Å². The fraction of sp³-hybridized carbons (Fsp3) is 0.643. The van der Waals surface area contributed by atoms with Gasteiger partial charge in [0.1, 0.15) is 11.6 Å². The van der Waals surface area contributed by atoms with Gasteiger partial charge in [0, 0.05) is 13.6 Å². The summed E-state index contributed by atoms with van der Waals surface area (Å²) in [4.78, 5) is 14.8. The van der Waals surface area contributed by atoms with E-state index in [1.807, 2.05) is 0 Å². The zero-order valence-corrected chi connectivity index (χ0v) is 12.5. The van der Waals surface area contributed by atoms with Crippen LogP contribution in [-0.2, 0) is 0 Å². The lowest BCUT2D eigenvalue weighted by atomic mass is 9.99. The normalized spacial score (nSPS) is 11.9. The maximum atomic E-state index is 10.9. The minimum Gasteiger partial charge on any atom is -0.373 e. The van der Waals surface area contributed by atoms with Gasteiger partial charge in [0.2, 0.25) is 0 Å². The summed E-state index contributed by atoms with van der Waals surface area (Å²) in [5.41, 5.74) is 0.0495. The van der Waals surface area contributed by atoms with Crippen molar-refractivity contribution in [3.63, 3.8) is 0 Å². The first kappa shape index (κ1) is 16.2. The van der Waals surface area contributed by atoms with Crippen molar-refractivity contribution in [3.05, 3.63) is 22.2 Å². The van der Waals surface area contributed by atoms with Crippen molar-refractivity contribution in [2.75, 3.05) is 24.2 Å². The van der Waals surface area contributed by atoms with Crippen LogP contribution in [0, 0.1) is 16.0 Å². The summed E-state index contributed by atoms with van der Waals surface area (Å²) in [6, 6.07) is 2.91. The molecule has 0 radical (unpaired) electrons. The lowest BCUT2D eigenvalue weighted by Gasteiger charge is -2.16. The molecule has 0 saturated heterocycles. The predicted molar refractivity (Wildman–Crippen MR) is 82.2 cm³/mol. The average Bonchev–Trinajstić information content (AvgIpc) is 2.47. The standard InChI is InChI=1S/C14H24N4O2/c1-4-6-7-11(5-2)10-16-14-9-12(18(19)20)8-13(15-3)17-14/h8-9,11H,4-7,10H2,1-3H3,(H2,15,16,17). The molecule has 0 spiro atoms. The fourth-order valence-corrected chi connectivity index (χ4v) is 2.03. The topological polar surface area (TPSA) is 80.1 Å². The van der Waals surface area contributed by atoms with E-state index in [4.69, 9.17) is 0 Å². The zero-order valence-electron chi connectivity index (χ0n) is 12.5. The summed E-state index contributed by atoms with van der Waals surface area (Å²) >= 11 is 0. The molecule has 1 aromatic heterocycles. The van der Waals surface area contributed by atoms with Crippen LogP contribution in [0.1, 0.15) is 39.5 Å². The second-order valence-corrected chi connectivity index (χ2v) is 4.90. The molecule has 20 heavy (non-hydrogen) atoms. The Morgan fingerprint density at radius 2 is 2.05 bits per heavy atom. The van der Waals surface area contributed by atoms with E-state index in [0.29, 0.717) is 17.6 Å². The van der Waals surface area contributed by atoms with Gasteiger partial charge in [-0.1, -0.05) is 33.1 Å². The van der Waals surface area contributed by atoms with Gasteiger partial charge in [-0.15, -0.1) is 0 Å². The molecule has 0 amide bonds. The van der Waals surface area contributed by atoms with Crippen LogP contribution >= 0.6 is 0 Å². The van der Waals surface area contributed by atoms with Crippen LogP contribution in [-0.4, -0.2) is 23.5 Å². The number of nitrogens with one attached hydrogen (secondary N) is 2. The molecule has 0 aromatic carbocycles. The van der Waals surface area contributed by atoms with Gasteiger partial charge in [-0.05, 0) is 12.3 Å². The van der Waals surface area contributed by atoms with E-state index < -0.39 is 4.92 Å². The summed E-state index contributed by atoms with van der Waals surface area (Å²) in [5.74, 6) is 1.64. The molecule has 112 valence electrons. The molecule has 1 unspecified atom stereocenters. The number of hydrogen-bond donors (Lipinski definition) is 2. The van der Waals surface area contributed by atoms with Crippen molar-refractivity contribution in [1.29, 1.82) is 0 Å². The van der Waals surface area contributed by atoms with Gasteiger partial charge in [0.25, 0.3) is 5.69 Å². The highest BCUT2D eigenvalue weighted by atomic mass is 16.6. The van der Waals surface area contributed by atoms with Gasteiger partial charge in [-0.3, -0.25) is 10.1 Å². The third-order valence-electron chi connectivity index (χ3n) is 3.39. The number of aromatic nitrogens is 1. The second-order valence-electron chi connectivity index (χ2n) is 4.90. The number of rotatable bonds is 9. The van der Waals surface area contributed by atoms with E-state index >= 15 is 0 Å². The molecule has 0 saturated carbocycles. The fourth-order valence-electron chi connectivity index (χ4n) is 2.03. The van der Waals surface area contributed by atoms with E-state index in [0.717, 1.165) is 13.0 Å². The molecule has 1 rings (SSSR count). The van der Waals surface area contributed by atoms with Gasteiger partial charge in [-0.2, -0.15) is 0 Å². The quantitative estimate of drug-likeness (QED) is 0.533. The largest absolute Gasteiger partial charge is 0.373 e. The number of nitro groups is 1. The molecular formula is C14H24N4O2. The second kappa shape index (κ2) is 8.35. The first-order valence-electron chi connectivity index (χ1n) is 7.18. The summed E-state index contributed by atoms with van der Waals surface area (Å²) in [5, 5.41) is 16.9. The molecule has 1 atom stereocenters. The van der Waals surface area contributed by atoms with Crippen LogP contribution in [0.4, 0.5) is 17.3 Å². The van der Waals surface area contributed by atoms with Crippen molar-refractivity contribution in [2.45, 2.75) is 39.5 Å². The molecule has 1 aromatic rings. The Kier molecular flexibility index (Phi) is 6.76. The maximum absolute atomic E-state index is 10.9. The average molecular weight is 280 g/mol. The van der Waals surface area contributed by atoms with Crippen LogP contribution in [0.3, 0.4) is 0 Å². The highest BCUT2D eigenvalue weighted by Gasteiger charge is 2.12. The van der Waals surface area contributed by atoms with Gasteiger partial charge in [0.15, 0.2) is 0 Å². The van der Waals surface area contributed by atoms with Gasteiger partial charge >= 0.3 is 0 Å². The monoisotopic (exact) mass is 280 g/mol. The third-order valence-corrected chi connectivity index (χ3v) is 3.39. The highest BCUT2D eigenvalue weighted by Crippen LogP contribution is 2.21. The summed E-state index contributed by atoms with van der Waals surface area (Å²) in [6.07, 6.45) is 4.68. The predicted octanol–water partition coefficient (Wildman–Crippen LogP) is 3.66. The molecule has 0 aliphatic heterocycles. The van der Waals surface area contributed by atoms with Crippen LogP contribution in [0.25, 0.3) is 0 Å². The summed E-state index contributed by atoms with van der Waals surface area (Å²) < 4.78 is 0. The Balaban J connectivity index is 2.70. The molecule has 0 bridgehead atoms. The number of pyridine rings is 1. The first-order chi connectivity index (χ1) is 9.60. The van der Waals surface area contributed by atoms with E-state index in [1.54, 1.807) is 7.05 Å². The Bertz CT molecular complexity index is 437. The third kappa shape index (κ3) is 5.03. The van der Waals surface area contributed by atoms with Crippen LogP contribution in [0.2, 0.25) is 0 Å². The maximum Gasteiger partial charge on any atom is 0.276 e. The first-order valence-corrected chi connectivity index (χ1v) is 7.18. The van der Waals surface area contributed by atoms with Crippen LogP contribution in [0.15, 0.2) is 12.1 Å². The molecule has 0 aliphatic carbocycles.